The molecule has 2 aromatic rings. The molecule has 0 aromatic heterocycles. The summed E-state index contributed by atoms with van der Waals surface area (Å²) in [6.45, 7) is 1.48. The van der Waals surface area contributed by atoms with Crippen molar-refractivity contribution >= 4 is 6.03 Å². The van der Waals surface area contributed by atoms with Crippen LogP contribution in [-0.2, 0) is 16.8 Å². The molecule has 2 aliphatic rings. The largest absolute Gasteiger partial charge is 0.508 e. The first-order valence-corrected chi connectivity index (χ1v) is 11.1. The summed E-state index contributed by atoms with van der Waals surface area (Å²) in [5, 5.41) is 12.8. The van der Waals surface area contributed by atoms with E-state index in [1.165, 1.54) is 5.56 Å². The Balaban J connectivity index is 1.47. The zero-order valence-electron chi connectivity index (χ0n) is 19.1. The van der Waals surface area contributed by atoms with Crippen LogP contribution in [0, 0.1) is 0 Å². The van der Waals surface area contributed by atoms with Crippen molar-refractivity contribution in [1.82, 2.24) is 15.1 Å². The highest BCUT2D eigenvalue weighted by Gasteiger charge is 2.50. The van der Waals surface area contributed by atoms with Crippen molar-refractivity contribution in [2.24, 2.45) is 0 Å². The van der Waals surface area contributed by atoms with Gasteiger partial charge in [-0.05, 0) is 75.2 Å². The molecule has 7 heteroatoms. The topological polar surface area (TPSA) is 74.3 Å². The van der Waals surface area contributed by atoms with Gasteiger partial charge in [-0.2, -0.15) is 0 Å². The smallest absolute Gasteiger partial charge is 0.318 e. The third-order valence-electron chi connectivity index (χ3n) is 7.07. The van der Waals surface area contributed by atoms with Gasteiger partial charge < -0.3 is 24.8 Å². The molecule has 0 bridgehead atoms. The van der Waals surface area contributed by atoms with E-state index in [0.29, 0.717) is 13.1 Å². The lowest BCUT2D eigenvalue weighted by Crippen LogP contribution is -2.54. The molecule has 1 saturated heterocycles. The van der Waals surface area contributed by atoms with Crippen LogP contribution in [0.5, 0.6) is 11.5 Å². The SMILES string of the molecule is COCOc1cccc(C2(N(C)C)CCC3(CC2)CN(Cc2ccc(O)cc2)C(=O)N3)c1. The molecule has 0 atom stereocenters. The van der Waals surface area contributed by atoms with Crippen LogP contribution in [0.1, 0.15) is 36.8 Å². The van der Waals surface area contributed by atoms with Crippen molar-refractivity contribution in [2.75, 3.05) is 34.5 Å². The summed E-state index contributed by atoms with van der Waals surface area (Å²) in [5.41, 5.74) is 1.95. The van der Waals surface area contributed by atoms with E-state index in [1.54, 1.807) is 19.2 Å². The monoisotopic (exact) mass is 439 g/mol. The Bertz CT molecular complexity index is 936. The van der Waals surface area contributed by atoms with E-state index < -0.39 is 0 Å². The number of amides is 2. The number of nitrogens with zero attached hydrogens (tertiary/aromatic N) is 2. The molecule has 1 spiro atoms. The van der Waals surface area contributed by atoms with Gasteiger partial charge >= 0.3 is 6.03 Å². The molecule has 172 valence electrons. The molecule has 4 rings (SSSR count). The summed E-state index contributed by atoms with van der Waals surface area (Å²) in [5.74, 6) is 1.04. The Labute approximate surface area is 189 Å². The third-order valence-corrected chi connectivity index (χ3v) is 7.07. The maximum atomic E-state index is 12.8. The zero-order valence-corrected chi connectivity index (χ0v) is 19.1. The minimum atomic E-state index is -0.197. The lowest BCUT2D eigenvalue weighted by Gasteiger charge is -2.48. The van der Waals surface area contributed by atoms with Gasteiger partial charge in [-0.3, -0.25) is 4.90 Å². The molecular formula is C25H33N3O4. The van der Waals surface area contributed by atoms with Crippen LogP contribution >= 0.6 is 0 Å². The van der Waals surface area contributed by atoms with Gasteiger partial charge in [0.05, 0.1) is 5.54 Å². The number of urea groups is 1. The normalized spacial score (nSPS) is 25.4. The molecular weight excluding hydrogens is 406 g/mol. The van der Waals surface area contributed by atoms with Gasteiger partial charge in [0, 0.05) is 25.7 Å². The van der Waals surface area contributed by atoms with Gasteiger partial charge in [-0.15, -0.1) is 0 Å². The number of aromatic hydroxyl groups is 1. The second-order valence-corrected chi connectivity index (χ2v) is 9.24. The number of carbonyl (C=O) groups excluding carboxylic acids is 1. The quantitative estimate of drug-likeness (QED) is 0.644. The first-order chi connectivity index (χ1) is 15.4. The summed E-state index contributed by atoms with van der Waals surface area (Å²) in [6, 6.07) is 15.3. The van der Waals surface area contributed by atoms with Crippen molar-refractivity contribution in [3.05, 3.63) is 59.7 Å². The number of rotatable bonds is 7. The fraction of sp³-hybridized carbons (Fsp3) is 0.480. The Morgan fingerprint density at radius 3 is 2.47 bits per heavy atom. The van der Waals surface area contributed by atoms with E-state index in [9.17, 15) is 9.90 Å². The minimum absolute atomic E-state index is 0.00890. The van der Waals surface area contributed by atoms with Crippen molar-refractivity contribution in [3.8, 4) is 11.5 Å². The number of carbonyl (C=O) groups is 1. The molecule has 0 radical (unpaired) electrons. The van der Waals surface area contributed by atoms with E-state index in [0.717, 1.165) is 37.0 Å². The van der Waals surface area contributed by atoms with E-state index in [4.69, 9.17) is 9.47 Å². The third kappa shape index (κ3) is 4.40. The highest BCUT2D eigenvalue weighted by Crippen LogP contribution is 2.46. The van der Waals surface area contributed by atoms with Crippen molar-refractivity contribution in [1.29, 1.82) is 0 Å². The second-order valence-electron chi connectivity index (χ2n) is 9.24. The molecule has 32 heavy (non-hydrogen) atoms. The zero-order chi connectivity index (χ0) is 22.8. The Morgan fingerprint density at radius 2 is 1.81 bits per heavy atom. The molecule has 1 aliphatic heterocycles. The number of benzene rings is 2. The van der Waals surface area contributed by atoms with Crippen molar-refractivity contribution in [3.63, 3.8) is 0 Å². The molecule has 2 fully saturated rings. The Morgan fingerprint density at radius 1 is 1.09 bits per heavy atom. The summed E-state index contributed by atoms with van der Waals surface area (Å²) < 4.78 is 10.7. The number of hydrogen-bond acceptors (Lipinski definition) is 5. The van der Waals surface area contributed by atoms with Gasteiger partial charge in [0.2, 0.25) is 0 Å². The number of hydrogen-bond donors (Lipinski definition) is 2. The highest BCUT2D eigenvalue weighted by molar-refractivity contribution is 5.78. The van der Waals surface area contributed by atoms with Gasteiger partial charge in [0.1, 0.15) is 11.5 Å². The Hall–Kier alpha value is -2.77. The average Bonchev–Trinajstić information content (AvgIpc) is 3.09. The molecule has 2 N–H and O–H groups in total. The van der Waals surface area contributed by atoms with Crippen LogP contribution in [0.4, 0.5) is 4.79 Å². The summed E-state index contributed by atoms with van der Waals surface area (Å²) in [6.07, 6.45) is 3.71. The molecule has 7 nitrogen and oxygen atoms in total. The minimum Gasteiger partial charge on any atom is -0.508 e. The molecule has 1 aliphatic carbocycles. The fourth-order valence-electron chi connectivity index (χ4n) is 5.15. The predicted octanol–water partition coefficient (Wildman–Crippen LogP) is 3.67. The Kier molecular flexibility index (Phi) is 6.31. The van der Waals surface area contributed by atoms with Crippen molar-refractivity contribution in [2.45, 2.75) is 43.3 Å². The predicted molar refractivity (Wildman–Crippen MR) is 123 cm³/mol. The van der Waals surface area contributed by atoms with E-state index in [2.05, 4.69) is 36.4 Å². The summed E-state index contributed by atoms with van der Waals surface area (Å²) in [7, 11) is 5.88. The molecule has 0 unspecified atom stereocenters. The van der Waals surface area contributed by atoms with Crippen LogP contribution in [0.3, 0.4) is 0 Å². The summed E-state index contributed by atoms with van der Waals surface area (Å²) in [4.78, 5) is 16.9. The number of phenolic OH excluding ortho intramolecular Hbond substituents is 1. The molecule has 1 saturated carbocycles. The lowest BCUT2D eigenvalue weighted by molar-refractivity contribution is 0.0488. The first-order valence-electron chi connectivity index (χ1n) is 11.1. The van der Waals surface area contributed by atoms with Crippen LogP contribution in [0.2, 0.25) is 0 Å². The van der Waals surface area contributed by atoms with Gasteiger partial charge in [-0.1, -0.05) is 24.3 Å². The number of methoxy groups -OCH3 is 1. The first kappa shape index (κ1) is 22.4. The number of nitrogens with one attached hydrogen (secondary N) is 1. The standard InChI is InChI=1S/C25H33N3O4/c1-27(2)25(20-5-4-6-22(15-20)32-18-31-3)13-11-24(12-14-25)17-28(23(30)26-24)16-19-7-9-21(29)10-8-19/h4-10,15,29H,11-14,16-18H2,1-3H3,(H,26,30). The highest BCUT2D eigenvalue weighted by atomic mass is 16.7. The van der Waals surface area contributed by atoms with E-state index >= 15 is 0 Å². The van der Waals surface area contributed by atoms with Crippen LogP contribution in [0.25, 0.3) is 0 Å². The maximum absolute atomic E-state index is 12.8. The van der Waals surface area contributed by atoms with Crippen LogP contribution in [0.15, 0.2) is 48.5 Å². The number of ether oxygens (including phenoxy) is 2. The van der Waals surface area contributed by atoms with Crippen LogP contribution < -0.4 is 10.1 Å². The molecule has 2 amide bonds. The van der Waals surface area contributed by atoms with Gasteiger partial charge in [0.25, 0.3) is 0 Å². The summed E-state index contributed by atoms with van der Waals surface area (Å²) >= 11 is 0. The van der Waals surface area contributed by atoms with Crippen LogP contribution in [-0.4, -0.2) is 61.0 Å². The molecule has 1 heterocycles. The maximum Gasteiger partial charge on any atom is 0.318 e. The van der Waals surface area contributed by atoms with E-state index in [1.807, 2.05) is 29.2 Å². The van der Waals surface area contributed by atoms with Gasteiger partial charge in [-0.25, -0.2) is 4.79 Å². The van der Waals surface area contributed by atoms with Gasteiger partial charge in [0.15, 0.2) is 6.79 Å². The number of phenols is 1. The second kappa shape index (κ2) is 9.00. The van der Waals surface area contributed by atoms with Crippen molar-refractivity contribution < 1.29 is 19.4 Å². The molecule has 2 aromatic carbocycles. The fourth-order valence-corrected chi connectivity index (χ4v) is 5.15. The average molecular weight is 440 g/mol. The van der Waals surface area contributed by atoms with E-state index in [-0.39, 0.29) is 29.7 Å². The lowest BCUT2D eigenvalue weighted by atomic mass is 9.69.